The normalized spacial score (nSPS) is 17.8. The second-order valence-corrected chi connectivity index (χ2v) is 4.93. The molecule has 3 heteroatoms. The van der Waals surface area contributed by atoms with Crippen LogP contribution in [0.2, 0.25) is 0 Å². The van der Waals surface area contributed by atoms with E-state index in [9.17, 15) is 8.78 Å². The lowest BCUT2D eigenvalue weighted by molar-refractivity contribution is 0.288. The summed E-state index contributed by atoms with van der Waals surface area (Å²) >= 11 is 0. The molecule has 0 aromatic heterocycles. The monoisotopic (exact) mass is 239 g/mol. The van der Waals surface area contributed by atoms with Crippen molar-refractivity contribution < 1.29 is 8.78 Å². The molecule has 1 fully saturated rings. The number of hydrogen-bond donors (Lipinski definition) is 1. The van der Waals surface area contributed by atoms with Gasteiger partial charge in [-0.3, -0.25) is 0 Å². The molecule has 0 amide bonds. The molecule has 0 saturated heterocycles. The molecule has 0 bridgehead atoms. The van der Waals surface area contributed by atoms with E-state index in [-0.39, 0.29) is 17.7 Å². The van der Waals surface area contributed by atoms with Crippen LogP contribution in [0.5, 0.6) is 0 Å². The lowest BCUT2D eigenvalue weighted by atomic mass is 9.83. The minimum Gasteiger partial charge on any atom is -0.310 e. The first-order chi connectivity index (χ1) is 8.16. The van der Waals surface area contributed by atoms with Gasteiger partial charge in [0.25, 0.3) is 0 Å². The van der Waals surface area contributed by atoms with E-state index in [4.69, 9.17) is 0 Å². The van der Waals surface area contributed by atoms with Crippen molar-refractivity contribution in [2.75, 3.05) is 6.54 Å². The maximum Gasteiger partial charge on any atom is 0.128 e. The highest BCUT2D eigenvalue weighted by molar-refractivity contribution is 5.21. The van der Waals surface area contributed by atoms with E-state index in [1.165, 1.54) is 31.4 Å². The van der Waals surface area contributed by atoms with Gasteiger partial charge in [0, 0.05) is 11.6 Å². The van der Waals surface area contributed by atoms with Gasteiger partial charge < -0.3 is 5.32 Å². The molecular formula is C14H19F2N. The Kier molecular flexibility index (Phi) is 4.11. The molecule has 1 aliphatic rings. The molecule has 1 unspecified atom stereocenters. The highest BCUT2D eigenvalue weighted by Crippen LogP contribution is 2.29. The van der Waals surface area contributed by atoms with Gasteiger partial charge in [0.2, 0.25) is 0 Å². The Morgan fingerprint density at radius 1 is 1.35 bits per heavy atom. The zero-order valence-electron chi connectivity index (χ0n) is 10.2. The molecule has 1 atom stereocenters. The molecule has 1 aliphatic carbocycles. The minimum absolute atomic E-state index is 0.134. The Hall–Kier alpha value is -0.960. The standard InChI is InChI=1S/C14H19F2N/c1-10(17-8-7-11-3-2-4-11)13-9-12(15)5-6-14(13)16/h5-6,9-11,17H,2-4,7-8H2,1H3. The maximum atomic E-state index is 13.5. The van der Waals surface area contributed by atoms with Crippen molar-refractivity contribution in [2.24, 2.45) is 5.92 Å². The third kappa shape index (κ3) is 3.25. The summed E-state index contributed by atoms with van der Waals surface area (Å²) < 4.78 is 26.5. The van der Waals surface area contributed by atoms with Crippen molar-refractivity contribution in [3.8, 4) is 0 Å². The molecule has 1 aromatic rings. The molecule has 94 valence electrons. The van der Waals surface area contributed by atoms with E-state index >= 15 is 0 Å². The number of benzene rings is 1. The first-order valence-corrected chi connectivity index (χ1v) is 6.35. The lowest BCUT2D eigenvalue weighted by Crippen LogP contribution is -2.24. The number of nitrogens with one attached hydrogen (secondary N) is 1. The third-order valence-electron chi connectivity index (χ3n) is 3.65. The summed E-state index contributed by atoms with van der Waals surface area (Å²) in [6.45, 7) is 2.75. The fraction of sp³-hybridized carbons (Fsp3) is 0.571. The molecule has 0 radical (unpaired) electrons. The van der Waals surface area contributed by atoms with E-state index in [1.54, 1.807) is 0 Å². The van der Waals surface area contributed by atoms with E-state index in [2.05, 4.69) is 5.32 Å². The van der Waals surface area contributed by atoms with Crippen LogP contribution in [0, 0.1) is 17.6 Å². The SMILES string of the molecule is CC(NCCC1CCC1)c1cc(F)ccc1F. The Labute approximate surface area is 101 Å². The summed E-state index contributed by atoms with van der Waals surface area (Å²) in [7, 11) is 0. The van der Waals surface area contributed by atoms with Crippen LogP contribution in [0.15, 0.2) is 18.2 Å². The summed E-state index contributed by atoms with van der Waals surface area (Å²) in [5, 5.41) is 3.26. The van der Waals surface area contributed by atoms with Crippen molar-refractivity contribution in [1.82, 2.24) is 5.32 Å². The van der Waals surface area contributed by atoms with Crippen molar-refractivity contribution in [2.45, 2.75) is 38.6 Å². The Balaban J connectivity index is 1.85. The van der Waals surface area contributed by atoms with Gasteiger partial charge in [-0.2, -0.15) is 0 Å². The molecule has 17 heavy (non-hydrogen) atoms. The van der Waals surface area contributed by atoms with Crippen LogP contribution in [-0.2, 0) is 0 Å². The summed E-state index contributed by atoms with van der Waals surface area (Å²) in [5.41, 5.74) is 0.415. The third-order valence-corrected chi connectivity index (χ3v) is 3.65. The van der Waals surface area contributed by atoms with Crippen LogP contribution in [0.25, 0.3) is 0 Å². The van der Waals surface area contributed by atoms with E-state index in [1.807, 2.05) is 6.92 Å². The molecular weight excluding hydrogens is 220 g/mol. The Morgan fingerprint density at radius 3 is 2.76 bits per heavy atom. The molecule has 0 heterocycles. The van der Waals surface area contributed by atoms with Gasteiger partial charge in [-0.25, -0.2) is 8.78 Å². The van der Waals surface area contributed by atoms with Crippen molar-refractivity contribution >= 4 is 0 Å². The Morgan fingerprint density at radius 2 is 2.12 bits per heavy atom. The van der Waals surface area contributed by atoms with Crippen LogP contribution in [0.1, 0.15) is 44.2 Å². The van der Waals surface area contributed by atoms with Gasteiger partial charge in [-0.1, -0.05) is 19.3 Å². The smallest absolute Gasteiger partial charge is 0.128 e. The average Bonchev–Trinajstić information content (AvgIpc) is 2.25. The largest absolute Gasteiger partial charge is 0.310 e. The first kappa shape index (κ1) is 12.5. The topological polar surface area (TPSA) is 12.0 Å². The van der Waals surface area contributed by atoms with Crippen LogP contribution < -0.4 is 5.32 Å². The summed E-state index contributed by atoms with van der Waals surface area (Å²) in [5.74, 6) is 0.121. The molecule has 1 nitrogen and oxygen atoms in total. The van der Waals surface area contributed by atoms with Gasteiger partial charge in [0.1, 0.15) is 11.6 Å². The first-order valence-electron chi connectivity index (χ1n) is 6.35. The zero-order chi connectivity index (χ0) is 12.3. The van der Waals surface area contributed by atoms with Gasteiger partial charge in [0.05, 0.1) is 0 Å². The van der Waals surface area contributed by atoms with Gasteiger partial charge in [0.15, 0.2) is 0 Å². The summed E-state index contributed by atoms with van der Waals surface area (Å²) in [4.78, 5) is 0. The van der Waals surface area contributed by atoms with Gasteiger partial charge >= 0.3 is 0 Å². The quantitative estimate of drug-likeness (QED) is 0.824. The highest BCUT2D eigenvalue weighted by atomic mass is 19.1. The fourth-order valence-electron chi connectivity index (χ4n) is 2.24. The van der Waals surface area contributed by atoms with Crippen molar-refractivity contribution in [3.63, 3.8) is 0 Å². The van der Waals surface area contributed by atoms with Crippen LogP contribution in [0.3, 0.4) is 0 Å². The van der Waals surface area contributed by atoms with E-state index in [0.29, 0.717) is 5.56 Å². The molecule has 1 N–H and O–H groups in total. The molecule has 2 rings (SSSR count). The predicted molar refractivity (Wildman–Crippen MR) is 64.7 cm³/mol. The fourth-order valence-corrected chi connectivity index (χ4v) is 2.24. The number of halogens is 2. The Bertz CT molecular complexity index is 374. The van der Waals surface area contributed by atoms with E-state index < -0.39 is 0 Å². The van der Waals surface area contributed by atoms with Crippen LogP contribution in [-0.4, -0.2) is 6.54 Å². The molecule has 0 aliphatic heterocycles. The predicted octanol–water partition coefficient (Wildman–Crippen LogP) is 3.81. The lowest BCUT2D eigenvalue weighted by Gasteiger charge is -2.26. The number of rotatable bonds is 5. The summed E-state index contributed by atoms with van der Waals surface area (Å²) in [6.07, 6.45) is 5.13. The average molecular weight is 239 g/mol. The van der Waals surface area contributed by atoms with Gasteiger partial charge in [-0.05, 0) is 44.0 Å². The summed E-state index contributed by atoms with van der Waals surface area (Å²) in [6, 6.07) is 3.48. The van der Waals surface area contributed by atoms with Gasteiger partial charge in [-0.15, -0.1) is 0 Å². The number of hydrogen-bond acceptors (Lipinski definition) is 1. The second-order valence-electron chi connectivity index (χ2n) is 4.93. The zero-order valence-corrected chi connectivity index (χ0v) is 10.2. The van der Waals surface area contributed by atoms with Crippen LogP contribution in [0.4, 0.5) is 8.78 Å². The van der Waals surface area contributed by atoms with Crippen molar-refractivity contribution in [1.29, 1.82) is 0 Å². The maximum absolute atomic E-state index is 13.5. The molecule has 1 aromatic carbocycles. The van der Waals surface area contributed by atoms with Crippen LogP contribution >= 0.6 is 0 Å². The second kappa shape index (κ2) is 5.58. The molecule has 0 spiro atoms. The van der Waals surface area contributed by atoms with Crippen molar-refractivity contribution in [3.05, 3.63) is 35.4 Å². The minimum atomic E-state index is -0.381. The van der Waals surface area contributed by atoms with E-state index in [0.717, 1.165) is 24.9 Å². The highest BCUT2D eigenvalue weighted by Gasteiger charge is 2.17. The molecule has 1 saturated carbocycles.